The second-order valence-corrected chi connectivity index (χ2v) is 8.58. The molecule has 3 rings (SSSR count). The summed E-state index contributed by atoms with van der Waals surface area (Å²) >= 11 is 3.32. The minimum Gasteiger partial charge on any atom is -0.392 e. The zero-order valence-corrected chi connectivity index (χ0v) is 15.5. The van der Waals surface area contributed by atoms with Crippen LogP contribution < -0.4 is 0 Å². The van der Waals surface area contributed by atoms with Gasteiger partial charge in [0, 0.05) is 26.7 Å². The highest BCUT2D eigenvalue weighted by molar-refractivity contribution is 7.12. The van der Waals surface area contributed by atoms with Gasteiger partial charge in [0.15, 0.2) is 0 Å². The van der Waals surface area contributed by atoms with Gasteiger partial charge in [-0.2, -0.15) is 0 Å². The monoisotopic (exact) mass is 361 g/mol. The van der Waals surface area contributed by atoms with Crippen LogP contribution in [-0.4, -0.2) is 22.0 Å². The molecule has 1 N–H and O–H groups in total. The third-order valence-electron chi connectivity index (χ3n) is 4.42. The predicted molar refractivity (Wildman–Crippen MR) is 101 cm³/mol. The quantitative estimate of drug-likeness (QED) is 0.764. The smallest absolute Gasteiger partial charge is 0.247 e. The molecule has 0 unspecified atom stereocenters. The van der Waals surface area contributed by atoms with Crippen LogP contribution in [0.2, 0.25) is 0 Å². The number of carbonyl (C=O) groups excluding carboxylic acids is 1. The Labute approximate surface area is 151 Å². The second-order valence-electron chi connectivity index (χ2n) is 6.27. The van der Waals surface area contributed by atoms with Gasteiger partial charge in [-0.3, -0.25) is 4.79 Å². The summed E-state index contributed by atoms with van der Waals surface area (Å²) in [4.78, 5) is 18.4. The summed E-state index contributed by atoms with van der Waals surface area (Å²) in [6.45, 7) is 2.86. The first-order chi connectivity index (χ1) is 11.7. The van der Waals surface area contributed by atoms with Crippen molar-refractivity contribution in [2.45, 2.75) is 51.8 Å². The van der Waals surface area contributed by atoms with Gasteiger partial charge in [0.25, 0.3) is 0 Å². The molecular formula is C19H23NO2S2. The van der Waals surface area contributed by atoms with Crippen LogP contribution in [-0.2, 0) is 17.9 Å². The molecule has 3 nitrogen and oxygen atoms in total. The minimum absolute atomic E-state index is 0.0458. The SMILES string of the molecule is Cc1ccc(CN(C(=O)C=Cc2cc(CO)cs2)C2CCCC2)s1. The molecule has 1 aliphatic rings. The van der Waals surface area contributed by atoms with E-state index >= 15 is 0 Å². The normalized spacial score (nSPS) is 15.4. The fourth-order valence-electron chi connectivity index (χ4n) is 3.15. The molecular weight excluding hydrogens is 338 g/mol. The highest BCUT2D eigenvalue weighted by Crippen LogP contribution is 2.27. The zero-order chi connectivity index (χ0) is 16.9. The van der Waals surface area contributed by atoms with Crippen molar-refractivity contribution in [2.24, 2.45) is 0 Å². The Morgan fingerprint density at radius 1 is 1.38 bits per heavy atom. The Hall–Kier alpha value is -1.43. The van der Waals surface area contributed by atoms with E-state index in [4.69, 9.17) is 5.11 Å². The molecule has 2 heterocycles. The third-order valence-corrected chi connectivity index (χ3v) is 6.35. The summed E-state index contributed by atoms with van der Waals surface area (Å²) in [5, 5.41) is 11.1. The summed E-state index contributed by atoms with van der Waals surface area (Å²) in [7, 11) is 0. The van der Waals surface area contributed by atoms with Crippen LogP contribution in [0.15, 0.2) is 29.7 Å². The summed E-state index contributed by atoms with van der Waals surface area (Å²) < 4.78 is 0. The molecule has 1 amide bonds. The minimum atomic E-state index is 0.0458. The summed E-state index contributed by atoms with van der Waals surface area (Å²) in [5.41, 5.74) is 0.897. The molecule has 0 aromatic carbocycles. The van der Waals surface area contributed by atoms with Gasteiger partial charge in [-0.15, -0.1) is 22.7 Å². The number of amides is 1. The van der Waals surface area contributed by atoms with Crippen LogP contribution in [0, 0.1) is 6.92 Å². The highest BCUT2D eigenvalue weighted by Gasteiger charge is 2.25. The van der Waals surface area contributed by atoms with Gasteiger partial charge < -0.3 is 10.0 Å². The van der Waals surface area contributed by atoms with E-state index in [1.165, 1.54) is 22.6 Å². The van der Waals surface area contributed by atoms with Gasteiger partial charge in [0.2, 0.25) is 5.91 Å². The fourth-order valence-corrected chi connectivity index (χ4v) is 4.84. The molecule has 0 saturated heterocycles. The number of nitrogens with zero attached hydrogens (tertiary/aromatic N) is 1. The highest BCUT2D eigenvalue weighted by atomic mass is 32.1. The van der Waals surface area contributed by atoms with Gasteiger partial charge in [-0.1, -0.05) is 12.8 Å². The Kier molecular flexibility index (Phi) is 5.87. The van der Waals surface area contributed by atoms with Crippen LogP contribution in [0.25, 0.3) is 6.08 Å². The molecule has 1 aliphatic carbocycles. The molecule has 0 atom stereocenters. The molecule has 1 saturated carbocycles. The first-order valence-electron chi connectivity index (χ1n) is 8.38. The molecule has 2 aromatic rings. The largest absolute Gasteiger partial charge is 0.392 e. The summed E-state index contributed by atoms with van der Waals surface area (Å²) in [6, 6.07) is 6.54. The number of hydrogen-bond acceptors (Lipinski definition) is 4. The second kappa shape index (κ2) is 8.10. The van der Waals surface area contributed by atoms with Crippen LogP contribution >= 0.6 is 22.7 Å². The Morgan fingerprint density at radius 3 is 2.79 bits per heavy atom. The molecule has 2 aromatic heterocycles. The number of aliphatic hydroxyl groups excluding tert-OH is 1. The van der Waals surface area contributed by atoms with E-state index in [-0.39, 0.29) is 12.5 Å². The molecule has 24 heavy (non-hydrogen) atoms. The van der Waals surface area contributed by atoms with Crippen molar-refractivity contribution < 1.29 is 9.90 Å². The van der Waals surface area contributed by atoms with E-state index in [9.17, 15) is 4.79 Å². The van der Waals surface area contributed by atoms with E-state index in [0.717, 1.165) is 23.3 Å². The van der Waals surface area contributed by atoms with Crippen molar-refractivity contribution >= 4 is 34.7 Å². The molecule has 1 fully saturated rings. The maximum absolute atomic E-state index is 12.8. The van der Waals surface area contributed by atoms with Crippen LogP contribution in [0.5, 0.6) is 0 Å². The first-order valence-corrected chi connectivity index (χ1v) is 10.1. The molecule has 0 radical (unpaired) electrons. The van der Waals surface area contributed by atoms with Crippen molar-refractivity contribution in [3.63, 3.8) is 0 Å². The van der Waals surface area contributed by atoms with Crippen LogP contribution in [0.4, 0.5) is 0 Å². The van der Waals surface area contributed by atoms with E-state index in [1.807, 2.05) is 22.4 Å². The number of hydrogen-bond donors (Lipinski definition) is 1. The molecule has 0 aliphatic heterocycles. The average molecular weight is 362 g/mol. The van der Waals surface area contributed by atoms with Crippen molar-refractivity contribution in [3.05, 3.63) is 49.9 Å². The Morgan fingerprint density at radius 2 is 2.17 bits per heavy atom. The Bertz CT molecular complexity index is 711. The van der Waals surface area contributed by atoms with Gasteiger partial charge in [0.05, 0.1) is 13.2 Å². The lowest BCUT2D eigenvalue weighted by atomic mass is 10.2. The van der Waals surface area contributed by atoms with Gasteiger partial charge in [-0.25, -0.2) is 0 Å². The summed E-state index contributed by atoms with van der Waals surface area (Å²) in [6.07, 6.45) is 8.20. The van der Waals surface area contributed by atoms with Crippen LogP contribution in [0.3, 0.4) is 0 Å². The number of carbonyl (C=O) groups is 1. The molecule has 0 spiro atoms. The van der Waals surface area contributed by atoms with Gasteiger partial charge in [-0.05, 0) is 55.0 Å². The lowest BCUT2D eigenvalue weighted by Gasteiger charge is -2.27. The Balaban J connectivity index is 1.72. The first kappa shape index (κ1) is 17.4. The number of aliphatic hydroxyl groups is 1. The molecule has 5 heteroatoms. The van der Waals surface area contributed by atoms with E-state index in [2.05, 4.69) is 19.1 Å². The number of rotatable bonds is 6. The van der Waals surface area contributed by atoms with Crippen molar-refractivity contribution in [1.29, 1.82) is 0 Å². The van der Waals surface area contributed by atoms with E-state index < -0.39 is 0 Å². The third kappa shape index (κ3) is 4.35. The maximum atomic E-state index is 12.8. The summed E-state index contributed by atoms with van der Waals surface area (Å²) in [5.74, 6) is 0.0897. The van der Waals surface area contributed by atoms with Crippen molar-refractivity contribution in [3.8, 4) is 0 Å². The fraction of sp³-hybridized carbons (Fsp3) is 0.421. The lowest BCUT2D eigenvalue weighted by molar-refractivity contribution is -0.128. The van der Waals surface area contributed by atoms with E-state index in [0.29, 0.717) is 12.6 Å². The molecule has 128 valence electrons. The van der Waals surface area contributed by atoms with E-state index in [1.54, 1.807) is 28.7 Å². The standard InChI is InChI=1S/C19H23NO2S2/c1-14-6-7-18(24-14)11-20(16-4-2-3-5-16)19(22)9-8-17-10-15(12-21)13-23-17/h6-10,13,16,21H,2-5,11-12H2,1H3. The topological polar surface area (TPSA) is 40.5 Å². The van der Waals surface area contributed by atoms with Crippen LogP contribution in [0.1, 0.15) is 45.9 Å². The van der Waals surface area contributed by atoms with Crippen molar-refractivity contribution in [2.75, 3.05) is 0 Å². The lowest BCUT2D eigenvalue weighted by Crippen LogP contribution is -2.36. The van der Waals surface area contributed by atoms with Crippen molar-refractivity contribution in [1.82, 2.24) is 4.90 Å². The molecule has 0 bridgehead atoms. The van der Waals surface area contributed by atoms with Gasteiger partial charge in [0.1, 0.15) is 0 Å². The maximum Gasteiger partial charge on any atom is 0.247 e. The zero-order valence-electron chi connectivity index (χ0n) is 13.9. The van der Waals surface area contributed by atoms with Gasteiger partial charge >= 0.3 is 0 Å². The number of aryl methyl sites for hydroxylation is 1. The number of thiophene rings is 2. The predicted octanol–water partition coefficient (Wildman–Crippen LogP) is 4.59. The average Bonchev–Trinajstić information content (AvgIpc) is 3.32.